The van der Waals surface area contributed by atoms with Gasteiger partial charge in [-0.1, -0.05) is 0 Å². The first-order chi connectivity index (χ1) is 5.53. The molecule has 1 N–H and O–H groups in total. The molecule has 0 spiro atoms. The summed E-state index contributed by atoms with van der Waals surface area (Å²) in [4.78, 5) is 10.8. The maximum absolute atomic E-state index is 12.2. The van der Waals surface area contributed by atoms with Crippen molar-refractivity contribution in [2.45, 2.75) is 24.8 Å². The minimum atomic E-state index is -2.58. The predicted octanol–water partition coefficient (Wildman–Crippen LogP) is 0.547. The van der Waals surface area contributed by atoms with Crippen LogP contribution in [0.15, 0.2) is 0 Å². The number of rotatable bonds is 3. The molecule has 70 valence electrons. The Morgan fingerprint density at radius 1 is 1.67 bits per heavy atom. The van der Waals surface area contributed by atoms with Crippen LogP contribution in [-0.4, -0.2) is 31.6 Å². The average Bonchev–Trinajstić information content (AvgIpc) is 1.83. The summed E-state index contributed by atoms with van der Waals surface area (Å²) in [7, 11) is 1.38. The van der Waals surface area contributed by atoms with E-state index in [0.29, 0.717) is 0 Å². The molecule has 1 aliphatic rings. The first-order valence-electron chi connectivity index (χ1n) is 3.69. The third-order valence-corrected chi connectivity index (χ3v) is 1.73. The Morgan fingerprint density at radius 2 is 2.25 bits per heavy atom. The van der Waals surface area contributed by atoms with Crippen molar-refractivity contribution >= 4 is 5.91 Å². The van der Waals surface area contributed by atoms with E-state index in [1.165, 1.54) is 7.11 Å². The van der Waals surface area contributed by atoms with Crippen LogP contribution >= 0.6 is 0 Å². The molecule has 0 aliphatic heterocycles. The molecule has 0 atom stereocenters. The summed E-state index contributed by atoms with van der Waals surface area (Å²) in [6, 6.07) is -0.373. The summed E-state index contributed by atoms with van der Waals surface area (Å²) in [6.07, 6.45) is -0.495. The standard InChI is InChI=1S/C7H11F2NO2/c1-12-4-6(11)10-5-2-7(8,9)3-5/h5H,2-4H2,1H3,(H,10,11). The van der Waals surface area contributed by atoms with Crippen molar-refractivity contribution in [2.24, 2.45) is 0 Å². The highest BCUT2D eigenvalue weighted by Crippen LogP contribution is 2.37. The third-order valence-electron chi connectivity index (χ3n) is 1.73. The molecule has 0 radical (unpaired) electrons. The molecule has 3 nitrogen and oxygen atoms in total. The Labute approximate surface area is 69.1 Å². The maximum Gasteiger partial charge on any atom is 0.252 e. The Morgan fingerprint density at radius 3 is 2.67 bits per heavy atom. The third kappa shape index (κ3) is 2.41. The Balaban J connectivity index is 2.14. The lowest BCUT2D eigenvalue weighted by Crippen LogP contribution is -2.51. The number of hydrogen-bond acceptors (Lipinski definition) is 2. The molecule has 1 saturated carbocycles. The molecule has 0 aromatic heterocycles. The predicted molar refractivity (Wildman–Crippen MR) is 38.0 cm³/mol. The van der Waals surface area contributed by atoms with E-state index in [2.05, 4.69) is 10.1 Å². The van der Waals surface area contributed by atoms with Crippen LogP contribution in [0, 0.1) is 0 Å². The first kappa shape index (κ1) is 9.38. The quantitative estimate of drug-likeness (QED) is 0.687. The molecular formula is C7H11F2NO2. The lowest BCUT2D eigenvalue weighted by Gasteiger charge is -2.35. The van der Waals surface area contributed by atoms with Crippen molar-refractivity contribution in [2.75, 3.05) is 13.7 Å². The highest BCUT2D eigenvalue weighted by atomic mass is 19.3. The van der Waals surface area contributed by atoms with E-state index in [-0.39, 0.29) is 31.4 Å². The van der Waals surface area contributed by atoms with Gasteiger partial charge in [0.2, 0.25) is 5.91 Å². The number of nitrogens with one attached hydrogen (secondary N) is 1. The highest BCUT2D eigenvalue weighted by molar-refractivity contribution is 5.77. The van der Waals surface area contributed by atoms with Gasteiger partial charge >= 0.3 is 0 Å². The van der Waals surface area contributed by atoms with Crippen molar-refractivity contribution in [3.63, 3.8) is 0 Å². The van der Waals surface area contributed by atoms with Crippen molar-refractivity contribution in [1.82, 2.24) is 5.32 Å². The molecule has 0 aromatic rings. The molecule has 0 bridgehead atoms. The molecule has 1 rings (SSSR count). The fourth-order valence-corrected chi connectivity index (χ4v) is 1.16. The van der Waals surface area contributed by atoms with Crippen LogP contribution in [-0.2, 0) is 9.53 Å². The number of carbonyl (C=O) groups excluding carboxylic acids is 1. The smallest absolute Gasteiger partial charge is 0.252 e. The molecule has 12 heavy (non-hydrogen) atoms. The van der Waals surface area contributed by atoms with Crippen LogP contribution < -0.4 is 5.32 Å². The number of carbonyl (C=O) groups is 1. The maximum atomic E-state index is 12.2. The molecule has 5 heteroatoms. The Hall–Kier alpha value is -0.710. The summed E-state index contributed by atoms with van der Waals surface area (Å²) in [6.45, 7) is -0.0674. The van der Waals surface area contributed by atoms with Gasteiger partial charge < -0.3 is 10.1 Å². The number of hydrogen-bond donors (Lipinski definition) is 1. The normalized spacial score (nSPS) is 21.6. The van der Waals surface area contributed by atoms with Crippen LogP contribution in [0.3, 0.4) is 0 Å². The van der Waals surface area contributed by atoms with Crippen molar-refractivity contribution in [3.8, 4) is 0 Å². The fraction of sp³-hybridized carbons (Fsp3) is 0.857. The minimum absolute atomic E-state index is 0.0674. The van der Waals surface area contributed by atoms with E-state index in [1.54, 1.807) is 0 Å². The summed E-state index contributed by atoms with van der Waals surface area (Å²) >= 11 is 0. The van der Waals surface area contributed by atoms with Gasteiger partial charge in [0.25, 0.3) is 5.92 Å². The van der Waals surface area contributed by atoms with Gasteiger partial charge in [0, 0.05) is 26.0 Å². The number of alkyl halides is 2. The number of amides is 1. The SMILES string of the molecule is COCC(=O)NC1CC(F)(F)C1. The van der Waals surface area contributed by atoms with Crippen LogP contribution in [0.5, 0.6) is 0 Å². The second-order valence-electron chi connectivity index (χ2n) is 2.96. The monoisotopic (exact) mass is 179 g/mol. The second kappa shape index (κ2) is 3.35. The summed E-state index contributed by atoms with van der Waals surface area (Å²) in [5, 5.41) is 2.43. The summed E-state index contributed by atoms with van der Waals surface area (Å²) in [5.74, 6) is -2.91. The zero-order chi connectivity index (χ0) is 9.19. The Bertz CT molecular complexity index is 176. The van der Waals surface area contributed by atoms with Crippen LogP contribution in [0.1, 0.15) is 12.8 Å². The lowest BCUT2D eigenvalue weighted by molar-refractivity contribution is -0.132. The molecule has 0 heterocycles. The molecule has 0 aromatic carbocycles. The first-order valence-corrected chi connectivity index (χ1v) is 3.69. The summed E-state index contributed by atoms with van der Waals surface area (Å²) in [5.41, 5.74) is 0. The van der Waals surface area contributed by atoms with E-state index in [0.717, 1.165) is 0 Å². The minimum Gasteiger partial charge on any atom is -0.375 e. The zero-order valence-corrected chi connectivity index (χ0v) is 6.77. The topological polar surface area (TPSA) is 38.3 Å². The van der Waals surface area contributed by atoms with E-state index >= 15 is 0 Å². The largest absolute Gasteiger partial charge is 0.375 e. The van der Waals surface area contributed by atoms with Crippen molar-refractivity contribution in [1.29, 1.82) is 0 Å². The van der Waals surface area contributed by atoms with Gasteiger partial charge in [-0.05, 0) is 0 Å². The molecule has 1 aliphatic carbocycles. The van der Waals surface area contributed by atoms with Crippen LogP contribution in [0.4, 0.5) is 8.78 Å². The fourth-order valence-electron chi connectivity index (χ4n) is 1.16. The summed E-state index contributed by atoms with van der Waals surface area (Å²) < 4.78 is 29.0. The van der Waals surface area contributed by atoms with Gasteiger partial charge in [-0.3, -0.25) is 4.79 Å². The average molecular weight is 179 g/mol. The second-order valence-corrected chi connectivity index (χ2v) is 2.96. The van der Waals surface area contributed by atoms with E-state index in [4.69, 9.17) is 0 Å². The zero-order valence-electron chi connectivity index (χ0n) is 6.77. The molecule has 1 amide bonds. The van der Waals surface area contributed by atoms with Crippen LogP contribution in [0.25, 0.3) is 0 Å². The number of halogens is 2. The van der Waals surface area contributed by atoms with E-state index in [1.807, 2.05) is 0 Å². The van der Waals surface area contributed by atoms with E-state index < -0.39 is 5.92 Å². The van der Waals surface area contributed by atoms with Gasteiger partial charge in [0.1, 0.15) is 6.61 Å². The van der Waals surface area contributed by atoms with E-state index in [9.17, 15) is 13.6 Å². The highest BCUT2D eigenvalue weighted by Gasteiger charge is 2.45. The lowest BCUT2D eigenvalue weighted by atomic mass is 9.88. The number of methoxy groups -OCH3 is 1. The van der Waals surface area contributed by atoms with Gasteiger partial charge in [-0.2, -0.15) is 0 Å². The molecule has 0 saturated heterocycles. The Kier molecular flexibility index (Phi) is 2.62. The molecule has 1 fully saturated rings. The number of ether oxygens (including phenoxy) is 1. The molecule has 0 unspecified atom stereocenters. The van der Waals surface area contributed by atoms with Crippen molar-refractivity contribution in [3.05, 3.63) is 0 Å². The van der Waals surface area contributed by atoms with Crippen molar-refractivity contribution < 1.29 is 18.3 Å². The van der Waals surface area contributed by atoms with Crippen LogP contribution in [0.2, 0.25) is 0 Å². The van der Waals surface area contributed by atoms with Gasteiger partial charge in [0.15, 0.2) is 0 Å². The van der Waals surface area contributed by atoms with Gasteiger partial charge in [-0.25, -0.2) is 8.78 Å². The molecular weight excluding hydrogens is 168 g/mol. The van der Waals surface area contributed by atoms with Gasteiger partial charge in [-0.15, -0.1) is 0 Å². The van der Waals surface area contributed by atoms with Gasteiger partial charge in [0.05, 0.1) is 0 Å².